The third-order valence-electron chi connectivity index (χ3n) is 6.54. The molecule has 0 radical (unpaired) electrons. The van der Waals surface area contributed by atoms with Crippen molar-refractivity contribution in [1.29, 1.82) is 0 Å². The highest BCUT2D eigenvalue weighted by atomic mass is 16.5. The number of hydrogen-bond donors (Lipinski definition) is 4. The first kappa shape index (κ1) is 23.6. The van der Waals surface area contributed by atoms with E-state index in [2.05, 4.69) is 34.9 Å². The maximum atomic E-state index is 13.0. The molecular weight excluding hydrogens is 426 g/mol. The number of methoxy groups -OCH3 is 1. The normalized spacial score (nSPS) is 15.7. The van der Waals surface area contributed by atoms with E-state index in [1.807, 2.05) is 32.0 Å². The maximum Gasteiger partial charge on any atom is 0.237 e. The number of phenols is 1. The van der Waals surface area contributed by atoms with Crippen LogP contribution in [0.3, 0.4) is 0 Å². The summed E-state index contributed by atoms with van der Waals surface area (Å²) >= 11 is 0. The van der Waals surface area contributed by atoms with Gasteiger partial charge in [0.2, 0.25) is 5.91 Å². The Morgan fingerprint density at radius 1 is 1.15 bits per heavy atom. The molecule has 178 valence electrons. The molecule has 0 spiro atoms. The van der Waals surface area contributed by atoms with Crippen molar-refractivity contribution in [3.8, 4) is 11.5 Å². The summed E-state index contributed by atoms with van der Waals surface area (Å²) in [7, 11) is 1.67. The molecule has 6 heteroatoms. The Hall–Kier alpha value is -3.51. The molecule has 1 heterocycles. The van der Waals surface area contributed by atoms with Crippen LogP contribution >= 0.6 is 0 Å². The average molecular weight is 460 g/mol. The van der Waals surface area contributed by atoms with Crippen LogP contribution in [0.15, 0.2) is 54.6 Å². The second kappa shape index (κ2) is 10.2. The summed E-state index contributed by atoms with van der Waals surface area (Å²) in [6.07, 6.45) is 2.01. The fourth-order valence-corrected chi connectivity index (χ4v) is 4.73. The zero-order valence-corrected chi connectivity index (χ0v) is 20.0. The molecule has 6 nitrogen and oxygen atoms in total. The summed E-state index contributed by atoms with van der Waals surface area (Å²) in [5, 5.41) is 16.4. The SMILES string of the molecule is COc1cccc(Cc2ccc3c(c2)C(NC(=O)C(N)Cc2c(C)cc(O)cc2C)CCN3)c1. The Labute approximate surface area is 201 Å². The topological polar surface area (TPSA) is 96.6 Å². The zero-order valence-electron chi connectivity index (χ0n) is 20.0. The van der Waals surface area contributed by atoms with Gasteiger partial charge in [0.15, 0.2) is 0 Å². The quantitative estimate of drug-likeness (QED) is 0.426. The van der Waals surface area contributed by atoms with E-state index in [-0.39, 0.29) is 17.7 Å². The number of benzene rings is 3. The van der Waals surface area contributed by atoms with Gasteiger partial charge in [0, 0.05) is 12.2 Å². The smallest absolute Gasteiger partial charge is 0.237 e. The number of rotatable bonds is 7. The predicted molar refractivity (Wildman–Crippen MR) is 135 cm³/mol. The van der Waals surface area contributed by atoms with E-state index >= 15 is 0 Å². The van der Waals surface area contributed by atoms with E-state index in [0.717, 1.165) is 53.1 Å². The van der Waals surface area contributed by atoms with Gasteiger partial charge >= 0.3 is 0 Å². The van der Waals surface area contributed by atoms with E-state index in [0.29, 0.717) is 6.42 Å². The summed E-state index contributed by atoms with van der Waals surface area (Å²) < 4.78 is 5.35. The van der Waals surface area contributed by atoms with Crippen molar-refractivity contribution in [3.05, 3.63) is 88.0 Å². The molecule has 1 aliphatic heterocycles. The fourth-order valence-electron chi connectivity index (χ4n) is 4.73. The molecule has 5 N–H and O–H groups in total. The minimum Gasteiger partial charge on any atom is -0.508 e. The molecule has 0 bridgehead atoms. The maximum absolute atomic E-state index is 13.0. The van der Waals surface area contributed by atoms with Gasteiger partial charge in [-0.2, -0.15) is 0 Å². The van der Waals surface area contributed by atoms with Crippen molar-refractivity contribution in [2.75, 3.05) is 19.0 Å². The molecular formula is C28H33N3O3. The van der Waals surface area contributed by atoms with Gasteiger partial charge < -0.3 is 26.2 Å². The molecule has 3 aromatic rings. The molecule has 4 rings (SSSR count). The first-order valence-electron chi connectivity index (χ1n) is 11.7. The Morgan fingerprint density at radius 2 is 1.88 bits per heavy atom. The van der Waals surface area contributed by atoms with Gasteiger partial charge in [-0.15, -0.1) is 0 Å². The van der Waals surface area contributed by atoms with Gasteiger partial charge in [-0.25, -0.2) is 0 Å². The highest BCUT2D eigenvalue weighted by molar-refractivity contribution is 5.82. The number of ether oxygens (including phenoxy) is 1. The van der Waals surface area contributed by atoms with Gasteiger partial charge in [-0.3, -0.25) is 4.79 Å². The number of nitrogens with two attached hydrogens (primary N) is 1. The lowest BCUT2D eigenvalue weighted by molar-refractivity contribution is -0.123. The van der Waals surface area contributed by atoms with Crippen molar-refractivity contribution < 1.29 is 14.6 Å². The van der Waals surface area contributed by atoms with Crippen LogP contribution in [-0.2, 0) is 17.6 Å². The predicted octanol–water partition coefficient (Wildman–Crippen LogP) is 4.15. The number of amides is 1. The van der Waals surface area contributed by atoms with Gasteiger partial charge in [-0.1, -0.05) is 24.3 Å². The fraction of sp³-hybridized carbons (Fsp3) is 0.321. The molecule has 1 aliphatic rings. The van der Waals surface area contributed by atoms with E-state index in [1.165, 1.54) is 11.1 Å². The third-order valence-corrected chi connectivity index (χ3v) is 6.54. The highest BCUT2D eigenvalue weighted by Crippen LogP contribution is 2.32. The van der Waals surface area contributed by atoms with Crippen LogP contribution in [0.4, 0.5) is 5.69 Å². The molecule has 1 amide bonds. The second-order valence-electron chi connectivity index (χ2n) is 9.10. The van der Waals surface area contributed by atoms with E-state index in [4.69, 9.17) is 10.5 Å². The summed E-state index contributed by atoms with van der Waals surface area (Å²) in [5.41, 5.74) is 13.7. The van der Waals surface area contributed by atoms with E-state index < -0.39 is 6.04 Å². The Morgan fingerprint density at radius 3 is 2.62 bits per heavy atom. The number of anilines is 1. The van der Waals surface area contributed by atoms with Crippen molar-refractivity contribution in [3.63, 3.8) is 0 Å². The molecule has 3 aromatic carbocycles. The first-order valence-corrected chi connectivity index (χ1v) is 11.7. The van der Waals surface area contributed by atoms with E-state index in [9.17, 15) is 9.90 Å². The first-order chi connectivity index (χ1) is 16.3. The molecule has 0 fully saturated rings. The van der Waals surface area contributed by atoms with Crippen LogP contribution in [0.1, 0.15) is 45.8 Å². The number of fused-ring (bicyclic) bond motifs is 1. The Bertz CT molecular complexity index is 1170. The van der Waals surface area contributed by atoms with Crippen molar-refractivity contribution in [2.24, 2.45) is 5.73 Å². The molecule has 0 saturated carbocycles. The number of hydrogen-bond acceptors (Lipinski definition) is 5. The Balaban J connectivity index is 1.48. The molecule has 2 atom stereocenters. The van der Waals surface area contributed by atoms with Crippen LogP contribution in [-0.4, -0.2) is 30.7 Å². The molecule has 34 heavy (non-hydrogen) atoms. The van der Waals surface area contributed by atoms with Gasteiger partial charge in [0.1, 0.15) is 11.5 Å². The van der Waals surface area contributed by atoms with Crippen LogP contribution in [0, 0.1) is 13.8 Å². The number of aryl methyl sites for hydroxylation is 2. The van der Waals surface area contributed by atoms with Crippen LogP contribution in [0.2, 0.25) is 0 Å². The van der Waals surface area contributed by atoms with Crippen molar-refractivity contribution in [2.45, 2.75) is 45.2 Å². The van der Waals surface area contributed by atoms with Gasteiger partial charge in [0.05, 0.1) is 19.2 Å². The second-order valence-corrected chi connectivity index (χ2v) is 9.10. The van der Waals surface area contributed by atoms with Crippen LogP contribution in [0.25, 0.3) is 0 Å². The molecule has 0 aromatic heterocycles. The van der Waals surface area contributed by atoms with Gasteiger partial charge in [-0.05, 0) is 96.8 Å². The van der Waals surface area contributed by atoms with Crippen molar-refractivity contribution >= 4 is 11.6 Å². The minimum atomic E-state index is -0.666. The molecule has 2 unspecified atom stereocenters. The largest absolute Gasteiger partial charge is 0.508 e. The monoisotopic (exact) mass is 459 g/mol. The summed E-state index contributed by atoms with van der Waals surface area (Å²) in [6.45, 7) is 4.65. The molecule has 0 saturated heterocycles. The van der Waals surface area contributed by atoms with Gasteiger partial charge in [0.25, 0.3) is 0 Å². The van der Waals surface area contributed by atoms with Crippen molar-refractivity contribution in [1.82, 2.24) is 5.32 Å². The number of phenolic OH excluding ortho intramolecular Hbond substituents is 1. The van der Waals surface area contributed by atoms with Crippen LogP contribution < -0.4 is 21.1 Å². The standard InChI is InChI=1S/C28H33N3O3/c1-17-11-21(32)12-18(2)23(17)16-25(29)28(33)31-27-9-10-30-26-8-7-20(15-24(26)27)13-19-5-4-6-22(14-19)34-3/h4-8,11-12,14-15,25,27,30,32H,9-10,13,16,29H2,1-3H3,(H,31,33). The Kier molecular flexibility index (Phi) is 7.08. The lowest BCUT2D eigenvalue weighted by Crippen LogP contribution is -2.44. The lowest BCUT2D eigenvalue weighted by atomic mass is 9.92. The third kappa shape index (κ3) is 5.34. The summed E-state index contributed by atoms with van der Waals surface area (Å²) in [5.74, 6) is 0.908. The number of carbonyl (C=O) groups is 1. The highest BCUT2D eigenvalue weighted by Gasteiger charge is 2.25. The lowest BCUT2D eigenvalue weighted by Gasteiger charge is -2.29. The number of nitrogens with one attached hydrogen (secondary N) is 2. The molecule has 0 aliphatic carbocycles. The number of carbonyl (C=O) groups excluding carboxylic acids is 1. The minimum absolute atomic E-state index is 0.0953. The summed E-state index contributed by atoms with van der Waals surface area (Å²) in [6, 6.07) is 17.1. The van der Waals surface area contributed by atoms with Crippen LogP contribution in [0.5, 0.6) is 11.5 Å². The summed E-state index contributed by atoms with van der Waals surface area (Å²) in [4.78, 5) is 13.0. The average Bonchev–Trinajstić information content (AvgIpc) is 2.81. The van der Waals surface area contributed by atoms with E-state index in [1.54, 1.807) is 19.2 Å². The number of aromatic hydroxyl groups is 1. The zero-order chi connectivity index (χ0) is 24.2.